The molecular formula is C20H25N7. The molecule has 0 radical (unpaired) electrons. The van der Waals surface area contributed by atoms with Crippen molar-refractivity contribution in [2.24, 2.45) is 0 Å². The van der Waals surface area contributed by atoms with Crippen molar-refractivity contribution in [2.45, 2.75) is 50.7 Å². The second-order valence-electron chi connectivity index (χ2n) is 7.68. The van der Waals surface area contributed by atoms with Gasteiger partial charge in [0.2, 0.25) is 0 Å². The van der Waals surface area contributed by atoms with Gasteiger partial charge in [-0.1, -0.05) is 6.07 Å². The van der Waals surface area contributed by atoms with Crippen LogP contribution in [0.3, 0.4) is 0 Å². The molecule has 0 atom stereocenters. The van der Waals surface area contributed by atoms with Crippen molar-refractivity contribution >= 4 is 0 Å². The summed E-state index contributed by atoms with van der Waals surface area (Å²) >= 11 is 0. The first-order valence-corrected chi connectivity index (χ1v) is 9.88. The zero-order valence-electron chi connectivity index (χ0n) is 15.5. The minimum Gasteiger partial charge on any atom is -0.330 e. The first-order valence-electron chi connectivity index (χ1n) is 9.88. The van der Waals surface area contributed by atoms with E-state index in [2.05, 4.69) is 46.3 Å². The summed E-state index contributed by atoms with van der Waals surface area (Å²) in [5.41, 5.74) is 1.15. The predicted octanol–water partition coefficient (Wildman–Crippen LogP) is 2.63. The van der Waals surface area contributed by atoms with Gasteiger partial charge in [-0.3, -0.25) is 9.88 Å². The summed E-state index contributed by atoms with van der Waals surface area (Å²) in [7, 11) is 0. The number of rotatable bonds is 6. The smallest absolute Gasteiger partial charge is 0.153 e. The molecule has 7 heteroatoms. The molecule has 7 nitrogen and oxygen atoms in total. The zero-order chi connectivity index (χ0) is 18.1. The highest BCUT2D eigenvalue weighted by atomic mass is 15.3. The van der Waals surface area contributed by atoms with Gasteiger partial charge in [-0.15, -0.1) is 10.2 Å². The molecule has 2 aliphatic rings. The average molecular weight is 363 g/mol. The van der Waals surface area contributed by atoms with E-state index in [1.54, 1.807) is 0 Å². The van der Waals surface area contributed by atoms with Crippen molar-refractivity contribution in [2.75, 3.05) is 13.1 Å². The summed E-state index contributed by atoms with van der Waals surface area (Å²) in [5.74, 6) is 2.78. The predicted molar refractivity (Wildman–Crippen MR) is 101 cm³/mol. The van der Waals surface area contributed by atoms with Crippen molar-refractivity contribution in [3.05, 3.63) is 60.5 Å². The molecule has 0 bridgehead atoms. The van der Waals surface area contributed by atoms with Crippen LogP contribution in [0.15, 0.2) is 43.1 Å². The fourth-order valence-corrected chi connectivity index (χ4v) is 4.07. The van der Waals surface area contributed by atoms with Crippen LogP contribution in [-0.4, -0.2) is 47.3 Å². The van der Waals surface area contributed by atoms with Gasteiger partial charge in [0.25, 0.3) is 0 Å². The fraction of sp³-hybridized carbons (Fsp3) is 0.500. The Kier molecular flexibility index (Phi) is 4.45. The van der Waals surface area contributed by atoms with Crippen LogP contribution in [0.1, 0.15) is 55.0 Å². The molecule has 5 rings (SSSR count). The molecule has 2 fully saturated rings. The van der Waals surface area contributed by atoms with Crippen molar-refractivity contribution < 1.29 is 0 Å². The Morgan fingerprint density at radius 2 is 1.85 bits per heavy atom. The molecule has 0 spiro atoms. The monoisotopic (exact) mass is 363 g/mol. The van der Waals surface area contributed by atoms with Crippen LogP contribution in [0.5, 0.6) is 0 Å². The van der Waals surface area contributed by atoms with Crippen LogP contribution in [-0.2, 0) is 13.1 Å². The number of hydrogen-bond donors (Lipinski definition) is 0. The zero-order valence-corrected chi connectivity index (χ0v) is 15.5. The second-order valence-corrected chi connectivity index (χ2v) is 7.68. The van der Waals surface area contributed by atoms with Gasteiger partial charge in [0.15, 0.2) is 5.82 Å². The Bertz CT molecular complexity index is 859. The Morgan fingerprint density at radius 1 is 0.963 bits per heavy atom. The molecule has 3 aromatic heterocycles. The van der Waals surface area contributed by atoms with Crippen LogP contribution in [0, 0.1) is 0 Å². The van der Waals surface area contributed by atoms with E-state index in [4.69, 9.17) is 0 Å². The van der Waals surface area contributed by atoms with Gasteiger partial charge in [0, 0.05) is 37.1 Å². The highest BCUT2D eigenvalue weighted by Gasteiger charge is 2.33. The van der Waals surface area contributed by atoms with Crippen molar-refractivity contribution in [3.8, 4) is 0 Å². The number of piperidine rings is 1. The molecule has 27 heavy (non-hydrogen) atoms. The van der Waals surface area contributed by atoms with Gasteiger partial charge in [0.05, 0.1) is 18.6 Å². The Labute approximate surface area is 159 Å². The average Bonchev–Trinajstić information content (AvgIpc) is 3.25. The number of likely N-dealkylation sites (tertiary alicyclic amines) is 1. The molecule has 0 aromatic carbocycles. The Balaban J connectivity index is 1.27. The molecule has 0 amide bonds. The summed E-state index contributed by atoms with van der Waals surface area (Å²) < 4.78 is 4.50. The van der Waals surface area contributed by atoms with Crippen molar-refractivity contribution in [3.63, 3.8) is 0 Å². The maximum absolute atomic E-state index is 4.64. The molecular weight excluding hydrogens is 338 g/mol. The van der Waals surface area contributed by atoms with Gasteiger partial charge in [-0.2, -0.15) is 0 Å². The van der Waals surface area contributed by atoms with Gasteiger partial charge < -0.3 is 9.13 Å². The van der Waals surface area contributed by atoms with E-state index in [1.807, 2.05) is 31.0 Å². The van der Waals surface area contributed by atoms with E-state index in [0.29, 0.717) is 12.0 Å². The summed E-state index contributed by atoms with van der Waals surface area (Å²) in [5, 5.41) is 9.19. The molecule has 3 aromatic rings. The molecule has 0 N–H and O–H groups in total. The van der Waals surface area contributed by atoms with E-state index in [1.165, 1.54) is 18.7 Å². The molecule has 1 aliphatic heterocycles. The number of pyridine rings is 1. The standard InChI is InChI=1S/C20H25N7/c1-2-8-22-17(3-1)13-25-10-6-16(7-11-25)20-24-23-19(27(20)18-4-5-18)14-26-12-9-21-15-26/h1-3,8-9,12,15-16,18H,4-7,10-11,13-14H2. The highest BCUT2D eigenvalue weighted by molar-refractivity contribution is 5.10. The lowest BCUT2D eigenvalue weighted by Gasteiger charge is -2.31. The van der Waals surface area contributed by atoms with Gasteiger partial charge in [0.1, 0.15) is 5.82 Å². The SMILES string of the molecule is c1ccc(CN2CCC(c3nnc(Cn4ccnc4)n3C3CC3)CC2)nc1. The minimum absolute atomic E-state index is 0.509. The molecule has 1 saturated heterocycles. The summed E-state index contributed by atoms with van der Waals surface area (Å²) in [6, 6.07) is 6.75. The van der Waals surface area contributed by atoms with Gasteiger partial charge in [-0.25, -0.2) is 4.98 Å². The third-order valence-corrected chi connectivity index (χ3v) is 5.65. The maximum Gasteiger partial charge on any atom is 0.153 e. The lowest BCUT2D eigenvalue weighted by atomic mass is 9.95. The highest BCUT2D eigenvalue weighted by Crippen LogP contribution is 2.40. The van der Waals surface area contributed by atoms with Crippen LogP contribution in [0.4, 0.5) is 0 Å². The molecule has 4 heterocycles. The van der Waals surface area contributed by atoms with Crippen LogP contribution in [0.2, 0.25) is 0 Å². The number of nitrogens with zero attached hydrogens (tertiary/aromatic N) is 7. The lowest BCUT2D eigenvalue weighted by molar-refractivity contribution is 0.198. The van der Waals surface area contributed by atoms with E-state index in [9.17, 15) is 0 Å². The van der Waals surface area contributed by atoms with Gasteiger partial charge >= 0.3 is 0 Å². The van der Waals surface area contributed by atoms with Crippen LogP contribution in [0.25, 0.3) is 0 Å². The molecule has 0 unspecified atom stereocenters. The third-order valence-electron chi connectivity index (χ3n) is 5.65. The summed E-state index contributed by atoms with van der Waals surface area (Å²) in [4.78, 5) is 11.1. The molecule has 1 saturated carbocycles. The normalized spacial score (nSPS) is 18.8. The number of hydrogen-bond acceptors (Lipinski definition) is 5. The summed E-state index contributed by atoms with van der Waals surface area (Å²) in [6.45, 7) is 3.88. The van der Waals surface area contributed by atoms with E-state index < -0.39 is 0 Å². The summed E-state index contributed by atoms with van der Waals surface area (Å²) in [6.07, 6.45) is 12.3. The van der Waals surface area contributed by atoms with E-state index in [0.717, 1.165) is 50.5 Å². The fourth-order valence-electron chi connectivity index (χ4n) is 4.07. The van der Waals surface area contributed by atoms with Crippen LogP contribution >= 0.6 is 0 Å². The van der Waals surface area contributed by atoms with Crippen molar-refractivity contribution in [1.29, 1.82) is 0 Å². The van der Waals surface area contributed by atoms with Crippen molar-refractivity contribution in [1.82, 2.24) is 34.2 Å². The second kappa shape index (κ2) is 7.23. The first-order chi connectivity index (χ1) is 13.4. The van der Waals surface area contributed by atoms with E-state index >= 15 is 0 Å². The van der Waals surface area contributed by atoms with Crippen LogP contribution < -0.4 is 0 Å². The maximum atomic E-state index is 4.64. The number of aromatic nitrogens is 6. The first kappa shape index (κ1) is 16.6. The number of imidazole rings is 1. The third kappa shape index (κ3) is 3.64. The largest absolute Gasteiger partial charge is 0.330 e. The Hall–Kier alpha value is -2.54. The Morgan fingerprint density at radius 3 is 2.56 bits per heavy atom. The molecule has 140 valence electrons. The topological polar surface area (TPSA) is 64.7 Å². The molecule has 1 aliphatic carbocycles. The van der Waals surface area contributed by atoms with E-state index in [-0.39, 0.29) is 0 Å². The van der Waals surface area contributed by atoms with Gasteiger partial charge in [-0.05, 0) is 50.9 Å². The lowest BCUT2D eigenvalue weighted by Crippen LogP contribution is -2.33. The quantitative estimate of drug-likeness (QED) is 0.674. The minimum atomic E-state index is 0.509.